The number of ether oxygens (including phenoxy) is 2. The average molecular weight is 547 g/mol. The Bertz CT molecular complexity index is 1500. The van der Waals surface area contributed by atoms with Crippen LogP contribution in [0.4, 0.5) is 14.5 Å². The van der Waals surface area contributed by atoms with Crippen molar-refractivity contribution in [3.8, 4) is 5.75 Å². The van der Waals surface area contributed by atoms with Gasteiger partial charge in [-0.2, -0.15) is 0 Å². The lowest BCUT2D eigenvalue weighted by molar-refractivity contribution is 0.0975. The summed E-state index contributed by atoms with van der Waals surface area (Å²) < 4.78 is 68.6. The van der Waals surface area contributed by atoms with Crippen molar-refractivity contribution in [2.75, 3.05) is 24.7 Å². The van der Waals surface area contributed by atoms with Crippen molar-refractivity contribution >= 4 is 27.3 Å². The summed E-state index contributed by atoms with van der Waals surface area (Å²) in [6.45, 7) is 2.68. The molecule has 1 N–H and O–H groups in total. The molecule has 4 heterocycles. The number of carbonyl (C=O) groups excluding carboxylic acids is 1. The van der Waals surface area contributed by atoms with Gasteiger partial charge in [0.15, 0.2) is 0 Å². The number of hydrogen-bond acceptors (Lipinski definition) is 7. The highest BCUT2D eigenvalue weighted by Gasteiger charge is 2.51. The van der Waals surface area contributed by atoms with Crippen LogP contribution in [-0.4, -0.2) is 60.5 Å². The number of pyridine rings is 1. The number of anilines is 1. The van der Waals surface area contributed by atoms with Gasteiger partial charge in [-0.25, -0.2) is 26.9 Å². The highest BCUT2D eigenvalue weighted by Crippen LogP contribution is 2.43. The number of halogens is 2. The van der Waals surface area contributed by atoms with Gasteiger partial charge in [0.1, 0.15) is 35.2 Å². The third-order valence-corrected chi connectivity index (χ3v) is 9.81. The van der Waals surface area contributed by atoms with E-state index in [0.29, 0.717) is 55.1 Å². The van der Waals surface area contributed by atoms with Crippen LogP contribution in [0.2, 0.25) is 0 Å². The second-order valence-electron chi connectivity index (χ2n) is 10.4. The Morgan fingerprint density at radius 3 is 2.82 bits per heavy atom. The molecule has 3 fully saturated rings. The van der Waals surface area contributed by atoms with Crippen molar-refractivity contribution in [1.82, 2.24) is 14.1 Å². The van der Waals surface area contributed by atoms with E-state index in [9.17, 15) is 22.0 Å². The molecule has 1 amide bonds. The van der Waals surface area contributed by atoms with Crippen molar-refractivity contribution in [3.63, 3.8) is 0 Å². The number of rotatable bonds is 7. The first kappa shape index (κ1) is 25.1. The van der Waals surface area contributed by atoms with Crippen molar-refractivity contribution in [3.05, 3.63) is 59.8 Å². The smallest absolute Gasteiger partial charge is 0.283 e. The molecule has 1 unspecified atom stereocenters. The number of nitrogens with one attached hydrogen (secondary N) is 1. The fourth-order valence-corrected chi connectivity index (χ4v) is 6.32. The lowest BCUT2D eigenvalue weighted by Crippen LogP contribution is -2.38. The second-order valence-corrected chi connectivity index (χ2v) is 12.6. The van der Waals surface area contributed by atoms with Crippen molar-refractivity contribution in [2.24, 2.45) is 0 Å². The third kappa shape index (κ3) is 4.49. The van der Waals surface area contributed by atoms with Gasteiger partial charge in [0.05, 0.1) is 35.9 Å². The summed E-state index contributed by atoms with van der Waals surface area (Å²) in [5.74, 6) is -0.760. The molecule has 9 nitrogen and oxygen atoms in total. The molecule has 0 radical (unpaired) electrons. The number of benzene rings is 1. The van der Waals surface area contributed by atoms with Crippen LogP contribution >= 0.6 is 0 Å². The van der Waals surface area contributed by atoms with Crippen LogP contribution in [0.25, 0.3) is 5.65 Å². The fourth-order valence-electron chi connectivity index (χ4n) is 5.09. The summed E-state index contributed by atoms with van der Waals surface area (Å²) in [4.78, 5) is 19.0. The topological polar surface area (TPSA) is 102 Å². The van der Waals surface area contributed by atoms with Gasteiger partial charge in [-0.15, -0.1) is 0 Å². The maximum absolute atomic E-state index is 14.9. The largest absolute Gasteiger partial charge is 0.488 e. The Kier molecular flexibility index (Phi) is 6.06. The molecule has 0 spiro atoms. The zero-order chi connectivity index (χ0) is 26.7. The van der Waals surface area contributed by atoms with E-state index < -0.39 is 38.7 Å². The first-order valence-electron chi connectivity index (χ1n) is 12.6. The zero-order valence-corrected chi connectivity index (χ0v) is 21.6. The first-order chi connectivity index (χ1) is 18.1. The van der Waals surface area contributed by atoms with Gasteiger partial charge in [0.25, 0.3) is 5.91 Å². The number of amides is 1. The molecule has 3 aliphatic rings. The summed E-state index contributed by atoms with van der Waals surface area (Å²) in [6, 6.07) is 7.16. The Balaban J connectivity index is 1.33. The molecule has 6 rings (SSSR count). The standard InChI is InChI=1S/C26H28F2N4O5S/c1-26(7-8-26)38(34,35)30-25(33)22-12-29-24-5-3-18(14-32(22)24)31-13-17(28)11-21(31)20-10-16(27)2-4-23(20)37-19-6-9-36-15-19/h2-5,10,12,14,17,19,21H,6-9,11,13,15H2,1H3,(H,30,33)/t17-,19?,21+/m1/s1. The van der Waals surface area contributed by atoms with E-state index in [0.717, 1.165) is 0 Å². The normalized spacial score (nSPS) is 24.6. The molecule has 3 atom stereocenters. The molecule has 1 aliphatic carbocycles. The lowest BCUT2D eigenvalue weighted by Gasteiger charge is -2.29. The quantitative estimate of drug-likeness (QED) is 0.484. The first-order valence-corrected chi connectivity index (χ1v) is 14.1. The highest BCUT2D eigenvalue weighted by molar-refractivity contribution is 7.91. The van der Waals surface area contributed by atoms with E-state index >= 15 is 0 Å². The van der Waals surface area contributed by atoms with E-state index in [1.165, 1.54) is 22.7 Å². The van der Waals surface area contributed by atoms with Crippen molar-refractivity contribution in [2.45, 2.75) is 55.7 Å². The van der Waals surface area contributed by atoms with Gasteiger partial charge in [-0.3, -0.25) is 9.20 Å². The molecular formula is C26H28F2N4O5S. The fraction of sp³-hybridized carbons (Fsp3) is 0.462. The van der Waals surface area contributed by atoms with Gasteiger partial charge >= 0.3 is 0 Å². The molecule has 12 heteroatoms. The molecule has 2 aromatic heterocycles. The average Bonchev–Trinajstić information content (AvgIpc) is 3.24. The van der Waals surface area contributed by atoms with E-state index in [1.807, 2.05) is 0 Å². The molecule has 1 aromatic carbocycles. The monoisotopic (exact) mass is 546 g/mol. The summed E-state index contributed by atoms with van der Waals surface area (Å²) in [7, 11) is -3.84. The molecule has 1 saturated carbocycles. The Morgan fingerprint density at radius 1 is 1.26 bits per heavy atom. The van der Waals surface area contributed by atoms with E-state index in [-0.39, 0.29) is 24.8 Å². The minimum absolute atomic E-state index is 0.0400. The number of sulfonamides is 1. The highest BCUT2D eigenvalue weighted by atomic mass is 32.2. The minimum atomic E-state index is -3.84. The maximum atomic E-state index is 14.9. The van der Waals surface area contributed by atoms with Crippen LogP contribution in [0.5, 0.6) is 5.75 Å². The number of fused-ring (bicyclic) bond motifs is 1. The molecule has 3 aromatic rings. The molecule has 2 saturated heterocycles. The number of carbonyl (C=O) groups is 1. The van der Waals surface area contributed by atoms with Gasteiger partial charge in [-0.05, 0) is 50.1 Å². The molecule has 0 bridgehead atoms. The second kappa shape index (κ2) is 9.19. The molecule has 38 heavy (non-hydrogen) atoms. The van der Waals surface area contributed by atoms with E-state index in [1.54, 1.807) is 36.2 Å². The predicted octanol–water partition coefficient (Wildman–Crippen LogP) is 3.54. The molecule has 202 valence electrons. The Hall–Kier alpha value is -3.25. The van der Waals surface area contributed by atoms with Crippen LogP contribution in [0.3, 0.4) is 0 Å². The number of aromatic nitrogens is 2. The van der Waals surface area contributed by atoms with Crippen LogP contribution in [0, 0.1) is 5.82 Å². The summed E-state index contributed by atoms with van der Waals surface area (Å²) >= 11 is 0. The maximum Gasteiger partial charge on any atom is 0.283 e. The SMILES string of the molecule is CC1(S(=O)(=O)NC(=O)c2cnc3ccc(N4C[C@H](F)C[C@H]4c4cc(F)ccc4OC4CCOC4)cn23)CC1. The minimum Gasteiger partial charge on any atom is -0.488 e. The number of nitrogens with zero attached hydrogens (tertiary/aromatic N) is 3. The number of hydrogen-bond donors (Lipinski definition) is 1. The Labute approximate surface area is 218 Å². The number of imidazole rings is 1. The van der Waals surface area contributed by atoms with Gasteiger partial charge in [0.2, 0.25) is 10.0 Å². The predicted molar refractivity (Wildman–Crippen MR) is 135 cm³/mol. The third-order valence-electron chi connectivity index (χ3n) is 7.65. The van der Waals surface area contributed by atoms with E-state index in [2.05, 4.69) is 9.71 Å². The lowest BCUT2D eigenvalue weighted by atomic mass is 10.0. The molecule has 2 aliphatic heterocycles. The van der Waals surface area contributed by atoms with Crippen LogP contribution in [-0.2, 0) is 14.8 Å². The Morgan fingerprint density at radius 2 is 2.08 bits per heavy atom. The zero-order valence-electron chi connectivity index (χ0n) is 20.8. The number of alkyl halides is 1. The van der Waals surface area contributed by atoms with E-state index in [4.69, 9.17) is 9.47 Å². The molecular weight excluding hydrogens is 518 g/mol. The van der Waals surface area contributed by atoms with Crippen molar-refractivity contribution < 1.29 is 31.5 Å². The van der Waals surface area contributed by atoms with Crippen molar-refractivity contribution in [1.29, 1.82) is 0 Å². The van der Waals surface area contributed by atoms with Gasteiger partial charge in [-0.1, -0.05) is 0 Å². The van der Waals surface area contributed by atoms with Crippen LogP contribution in [0.1, 0.15) is 54.7 Å². The summed E-state index contributed by atoms with van der Waals surface area (Å²) in [5, 5.41) is 0. The summed E-state index contributed by atoms with van der Waals surface area (Å²) in [6.07, 6.45) is 3.44. The summed E-state index contributed by atoms with van der Waals surface area (Å²) in [5.41, 5.74) is 1.58. The van der Waals surface area contributed by atoms with Crippen LogP contribution < -0.4 is 14.4 Å². The van der Waals surface area contributed by atoms with Crippen LogP contribution in [0.15, 0.2) is 42.7 Å². The van der Waals surface area contributed by atoms with Gasteiger partial charge < -0.3 is 14.4 Å². The van der Waals surface area contributed by atoms with Gasteiger partial charge in [0, 0.05) is 31.1 Å².